The van der Waals surface area contributed by atoms with Gasteiger partial charge in [-0.05, 0) is 46.6 Å². The van der Waals surface area contributed by atoms with Gasteiger partial charge >= 0.3 is 7.12 Å². The van der Waals surface area contributed by atoms with Crippen LogP contribution in [-0.2, 0) is 9.31 Å². The molecule has 5 heteroatoms. The molecule has 2 aliphatic rings. The maximum absolute atomic E-state index is 5.96. The van der Waals surface area contributed by atoms with Crippen LogP contribution in [0.4, 0.5) is 0 Å². The van der Waals surface area contributed by atoms with E-state index in [2.05, 4.69) is 9.97 Å². The molecule has 0 radical (unpaired) electrons. The third kappa shape index (κ3) is 1.95. The van der Waals surface area contributed by atoms with E-state index in [1.807, 2.05) is 33.8 Å². The van der Waals surface area contributed by atoms with E-state index in [0.717, 1.165) is 5.69 Å². The van der Waals surface area contributed by atoms with Crippen LogP contribution in [0.3, 0.4) is 0 Å². The van der Waals surface area contributed by atoms with E-state index in [-0.39, 0.29) is 11.2 Å². The van der Waals surface area contributed by atoms with Gasteiger partial charge in [0.25, 0.3) is 0 Å². The Bertz CT molecular complexity index is 456. The molecule has 0 N–H and O–H groups in total. The predicted molar refractivity (Wildman–Crippen MR) is 69.7 cm³/mol. The van der Waals surface area contributed by atoms with Crippen LogP contribution < -0.4 is 5.72 Å². The zero-order valence-electron chi connectivity index (χ0n) is 11.4. The van der Waals surface area contributed by atoms with Gasteiger partial charge in [-0.2, -0.15) is 0 Å². The molecule has 0 unspecified atom stereocenters. The van der Waals surface area contributed by atoms with Crippen molar-refractivity contribution in [1.29, 1.82) is 0 Å². The van der Waals surface area contributed by atoms with Gasteiger partial charge in [-0.25, -0.2) is 9.97 Å². The van der Waals surface area contributed by atoms with Gasteiger partial charge in [0.1, 0.15) is 0 Å². The Morgan fingerprint density at radius 3 is 2.33 bits per heavy atom. The van der Waals surface area contributed by atoms with Crippen molar-refractivity contribution in [2.45, 2.75) is 57.7 Å². The monoisotopic (exact) mass is 246 g/mol. The molecule has 0 amide bonds. The van der Waals surface area contributed by atoms with Gasteiger partial charge in [0, 0.05) is 17.8 Å². The zero-order valence-corrected chi connectivity index (χ0v) is 11.4. The maximum Gasteiger partial charge on any atom is 0.534 e. The standard InChI is InChI=1S/C13H19BN2O2/c1-12(2)13(3,4)18-14(17-12)11-15-8-7-10(16-11)9-5-6-9/h7-9H,5-6H2,1-4H3. The minimum atomic E-state index is -0.450. The molecule has 4 nitrogen and oxygen atoms in total. The van der Waals surface area contributed by atoms with E-state index in [0.29, 0.717) is 11.6 Å². The Morgan fingerprint density at radius 2 is 1.78 bits per heavy atom. The Morgan fingerprint density at radius 1 is 1.17 bits per heavy atom. The smallest absolute Gasteiger partial charge is 0.397 e. The van der Waals surface area contributed by atoms with Crippen molar-refractivity contribution < 1.29 is 9.31 Å². The fourth-order valence-corrected chi connectivity index (χ4v) is 2.06. The summed E-state index contributed by atoms with van der Waals surface area (Å²) in [5.74, 6) is 0.620. The molecule has 2 fully saturated rings. The third-order valence-corrected chi connectivity index (χ3v) is 4.16. The highest BCUT2D eigenvalue weighted by Gasteiger charge is 2.53. The second kappa shape index (κ2) is 3.78. The highest BCUT2D eigenvalue weighted by molar-refractivity contribution is 6.60. The van der Waals surface area contributed by atoms with Crippen molar-refractivity contribution in [3.8, 4) is 0 Å². The maximum atomic E-state index is 5.96. The molecule has 0 spiro atoms. The van der Waals surface area contributed by atoms with Crippen LogP contribution in [0.25, 0.3) is 0 Å². The van der Waals surface area contributed by atoms with E-state index in [1.165, 1.54) is 12.8 Å². The first-order valence-electron chi connectivity index (χ1n) is 6.57. The summed E-state index contributed by atoms with van der Waals surface area (Å²) >= 11 is 0. The summed E-state index contributed by atoms with van der Waals surface area (Å²) in [4.78, 5) is 8.89. The van der Waals surface area contributed by atoms with Crippen molar-refractivity contribution >= 4 is 12.8 Å². The molecule has 1 aromatic heterocycles. The van der Waals surface area contributed by atoms with Crippen LogP contribution in [-0.4, -0.2) is 28.3 Å². The van der Waals surface area contributed by atoms with Crippen LogP contribution in [0.15, 0.2) is 12.3 Å². The second-order valence-corrected chi connectivity index (χ2v) is 6.20. The molecule has 0 atom stereocenters. The Labute approximate surface area is 108 Å². The molecule has 96 valence electrons. The van der Waals surface area contributed by atoms with Crippen LogP contribution in [0, 0.1) is 0 Å². The average Bonchev–Trinajstić information content (AvgIpc) is 3.08. The highest BCUT2D eigenvalue weighted by atomic mass is 16.7. The van der Waals surface area contributed by atoms with E-state index >= 15 is 0 Å². The number of hydrogen-bond acceptors (Lipinski definition) is 4. The minimum absolute atomic E-state index is 0.337. The summed E-state index contributed by atoms with van der Waals surface area (Å²) < 4.78 is 11.9. The molecule has 1 saturated carbocycles. The van der Waals surface area contributed by atoms with Gasteiger partial charge in [-0.1, -0.05) is 0 Å². The van der Waals surface area contributed by atoms with Crippen LogP contribution in [0.2, 0.25) is 0 Å². The van der Waals surface area contributed by atoms with Crippen molar-refractivity contribution in [3.63, 3.8) is 0 Å². The van der Waals surface area contributed by atoms with Crippen LogP contribution in [0.1, 0.15) is 52.1 Å². The van der Waals surface area contributed by atoms with E-state index in [1.54, 1.807) is 6.20 Å². The lowest BCUT2D eigenvalue weighted by atomic mass is 9.89. The molecule has 1 aromatic rings. The lowest BCUT2D eigenvalue weighted by Gasteiger charge is -2.32. The molecular weight excluding hydrogens is 227 g/mol. The van der Waals surface area contributed by atoms with Gasteiger partial charge < -0.3 is 9.31 Å². The van der Waals surface area contributed by atoms with Crippen molar-refractivity contribution in [2.24, 2.45) is 0 Å². The summed E-state index contributed by atoms with van der Waals surface area (Å²) in [7, 11) is -0.450. The van der Waals surface area contributed by atoms with Gasteiger partial charge in [0.05, 0.1) is 11.2 Å². The fraction of sp³-hybridized carbons (Fsp3) is 0.692. The molecule has 18 heavy (non-hydrogen) atoms. The lowest BCUT2D eigenvalue weighted by Crippen LogP contribution is -2.41. The van der Waals surface area contributed by atoms with Crippen molar-refractivity contribution in [1.82, 2.24) is 9.97 Å². The lowest BCUT2D eigenvalue weighted by molar-refractivity contribution is 0.00578. The van der Waals surface area contributed by atoms with Crippen molar-refractivity contribution in [3.05, 3.63) is 18.0 Å². The summed E-state index contributed by atoms with van der Waals surface area (Å²) in [5.41, 5.74) is 1.10. The minimum Gasteiger partial charge on any atom is -0.397 e. The predicted octanol–water partition coefficient (Wildman–Crippen LogP) is 1.65. The number of hydrogen-bond donors (Lipinski definition) is 0. The Hall–Kier alpha value is -0.935. The highest BCUT2D eigenvalue weighted by Crippen LogP contribution is 2.39. The summed E-state index contributed by atoms with van der Waals surface area (Å²) in [6.45, 7) is 8.16. The molecule has 1 saturated heterocycles. The first-order valence-corrected chi connectivity index (χ1v) is 6.57. The van der Waals surface area contributed by atoms with E-state index in [9.17, 15) is 0 Å². The van der Waals surface area contributed by atoms with E-state index < -0.39 is 7.12 Å². The third-order valence-electron chi connectivity index (χ3n) is 4.16. The van der Waals surface area contributed by atoms with Gasteiger partial charge in [0.2, 0.25) is 0 Å². The fourth-order valence-electron chi connectivity index (χ4n) is 2.06. The first-order chi connectivity index (χ1) is 8.39. The average molecular weight is 246 g/mol. The second-order valence-electron chi connectivity index (χ2n) is 6.20. The molecule has 1 aliphatic heterocycles. The molecule has 2 heterocycles. The van der Waals surface area contributed by atoms with Crippen LogP contribution in [0.5, 0.6) is 0 Å². The van der Waals surface area contributed by atoms with E-state index in [4.69, 9.17) is 9.31 Å². The normalized spacial score (nSPS) is 25.4. The van der Waals surface area contributed by atoms with Gasteiger partial charge in [0.15, 0.2) is 5.72 Å². The summed E-state index contributed by atoms with van der Waals surface area (Å²) in [5, 5.41) is 0. The van der Waals surface area contributed by atoms with Gasteiger partial charge in [-0.15, -0.1) is 0 Å². The largest absolute Gasteiger partial charge is 0.534 e. The number of aromatic nitrogens is 2. The van der Waals surface area contributed by atoms with Crippen LogP contribution >= 0.6 is 0 Å². The number of nitrogens with zero attached hydrogens (tertiary/aromatic N) is 2. The molecular formula is C13H19BN2O2. The quantitative estimate of drug-likeness (QED) is 0.744. The molecule has 3 rings (SSSR count). The Balaban J connectivity index is 1.86. The molecule has 1 aliphatic carbocycles. The first kappa shape index (κ1) is 12.1. The molecule has 0 bridgehead atoms. The van der Waals surface area contributed by atoms with Crippen molar-refractivity contribution in [2.75, 3.05) is 0 Å². The zero-order chi connectivity index (χ0) is 13.0. The summed E-state index contributed by atoms with van der Waals surface area (Å²) in [6.07, 6.45) is 4.28. The Kier molecular flexibility index (Phi) is 2.54. The SMILES string of the molecule is CC1(C)OB(c2nccc(C3CC3)n2)OC1(C)C. The number of rotatable bonds is 2. The topological polar surface area (TPSA) is 44.2 Å². The van der Waals surface area contributed by atoms with Gasteiger partial charge in [-0.3, -0.25) is 0 Å². The summed E-state index contributed by atoms with van der Waals surface area (Å²) in [6, 6.07) is 1.99. The molecule has 0 aromatic carbocycles.